The van der Waals surface area contributed by atoms with Crippen LogP contribution in [0.2, 0.25) is 0 Å². The summed E-state index contributed by atoms with van der Waals surface area (Å²) >= 11 is 1.67. The molecular weight excluding hydrogens is 236 g/mol. The van der Waals surface area contributed by atoms with E-state index >= 15 is 0 Å². The first-order valence-electron chi connectivity index (χ1n) is 6.10. The molecule has 4 nitrogen and oxygen atoms in total. The molecule has 17 heavy (non-hydrogen) atoms. The molecule has 0 aromatic carbocycles. The van der Waals surface area contributed by atoms with Crippen LogP contribution in [0.1, 0.15) is 30.2 Å². The highest BCUT2D eigenvalue weighted by atomic mass is 32.1. The lowest BCUT2D eigenvalue weighted by atomic mass is 10.2. The number of rotatable bonds is 5. The lowest BCUT2D eigenvalue weighted by Gasteiger charge is -2.31. The van der Waals surface area contributed by atoms with E-state index in [1.165, 1.54) is 6.42 Å². The average Bonchev–Trinajstić information content (AvgIpc) is 2.79. The third-order valence-corrected chi connectivity index (χ3v) is 3.81. The van der Waals surface area contributed by atoms with Crippen molar-refractivity contribution < 1.29 is 9.47 Å². The molecule has 96 valence electrons. The zero-order valence-corrected chi connectivity index (χ0v) is 11.3. The summed E-state index contributed by atoms with van der Waals surface area (Å²) in [5.41, 5.74) is 1.00. The molecule has 0 bridgehead atoms. The lowest BCUT2D eigenvalue weighted by Crippen LogP contribution is -2.38. The van der Waals surface area contributed by atoms with E-state index < -0.39 is 0 Å². The molecule has 1 aliphatic heterocycles. The fourth-order valence-electron chi connectivity index (χ4n) is 2.06. The highest BCUT2D eigenvalue weighted by Gasteiger charge is 2.23. The summed E-state index contributed by atoms with van der Waals surface area (Å²) in [5.74, 6) is 0. The topological polar surface area (TPSA) is 34.6 Å². The van der Waals surface area contributed by atoms with Crippen molar-refractivity contribution in [1.29, 1.82) is 0 Å². The average molecular weight is 256 g/mol. The van der Waals surface area contributed by atoms with Gasteiger partial charge in [0.05, 0.1) is 18.9 Å². The van der Waals surface area contributed by atoms with Crippen LogP contribution in [-0.4, -0.2) is 43.2 Å². The number of morpholine rings is 1. The molecule has 1 aliphatic rings. The van der Waals surface area contributed by atoms with Crippen LogP contribution >= 0.6 is 11.3 Å². The Hall–Kier alpha value is -0.490. The highest BCUT2D eigenvalue weighted by Crippen LogP contribution is 2.25. The second kappa shape index (κ2) is 6.44. The fraction of sp³-hybridized carbons (Fsp3) is 0.750. The maximum Gasteiger partial charge on any atom is 0.123 e. The molecule has 1 saturated heterocycles. The van der Waals surface area contributed by atoms with Crippen LogP contribution in [0.3, 0.4) is 0 Å². The minimum Gasteiger partial charge on any atom is -0.378 e. The van der Waals surface area contributed by atoms with Gasteiger partial charge in [-0.05, 0) is 13.0 Å². The summed E-state index contributed by atoms with van der Waals surface area (Å²) in [6, 6.07) is 0. The van der Waals surface area contributed by atoms with Gasteiger partial charge in [-0.15, -0.1) is 11.3 Å². The summed E-state index contributed by atoms with van der Waals surface area (Å²) in [5, 5.41) is 3.14. The molecule has 1 unspecified atom stereocenters. The number of nitrogens with zero attached hydrogens (tertiary/aromatic N) is 2. The number of hydrogen-bond donors (Lipinski definition) is 0. The molecule has 0 spiro atoms. The second-order valence-electron chi connectivity index (χ2n) is 4.27. The number of hydrogen-bond acceptors (Lipinski definition) is 5. The number of thiazole rings is 1. The van der Waals surface area contributed by atoms with E-state index in [-0.39, 0.29) is 6.10 Å². The first-order valence-corrected chi connectivity index (χ1v) is 6.98. The van der Waals surface area contributed by atoms with Crippen LogP contribution in [0.25, 0.3) is 0 Å². The van der Waals surface area contributed by atoms with E-state index in [1.54, 1.807) is 18.4 Å². The van der Waals surface area contributed by atoms with Gasteiger partial charge in [-0.1, -0.05) is 6.92 Å². The van der Waals surface area contributed by atoms with Gasteiger partial charge in [0.15, 0.2) is 0 Å². The number of ether oxygens (including phenoxy) is 2. The van der Waals surface area contributed by atoms with Crippen molar-refractivity contribution in [1.82, 2.24) is 9.88 Å². The van der Waals surface area contributed by atoms with Gasteiger partial charge in [-0.2, -0.15) is 0 Å². The fourth-order valence-corrected chi connectivity index (χ4v) is 2.90. The third kappa shape index (κ3) is 3.48. The summed E-state index contributed by atoms with van der Waals surface area (Å²) in [4.78, 5) is 7.01. The van der Waals surface area contributed by atoms with Gasteiger partial charge in [0.25, 0.3) is 0 Å². The molecule has 1 aromatic heterocycles. The predicted octanol–water partition coefficient (Wildman–Crippen LogP) is 2.07. The van der Waals surface area contributed by atoms with E-state index in [9.17, 15) is 0 Å². The maximum absolute atomic E-state index is 5.80. The molecular formula is C12H20N2O2S. The van der Waals surface area contributed by atoms with Crippen LogP contribution in [0.5, 0.6) is 0 Å². The van der Waals surface area contributed by atoms with Crippen LogP contribution in [0, 0.1) is 0 Å². The summed E-state index contributed by atoms with van der Waals surface area (Å²) < 4.78 is 10.9. The van der Waals surface area contributed by atoms with Crippen molar-refractivity contribution in [3.05, 3.63) is 16.1 Å². The molecule has 0 radical (unpaired) electrons. The van der Waals surface area contributed by atoms with Crippen LogP contribution < -0.4 is 0 Å². The molecule has 5 heteroatoms. The molecule has 2 heterocycles. The lowest BCUT2D eigenvalue weighted by molar-refractivity contribution is -0.0300. The van der Waals surface area contributed by atoms with Crippen molar-refractivity contribution in [2.24, 2.45) is 0 Å². The predicted molar refractivity (Wildman–Crippen MR) is 68.3 cm³/mol. The first kappa shape index (κ1) is 13.0. The maximum atomic E-state index is 5.80. The number of aromatic nitrogens is 1. The van der Waals surface area contributed by atoms with Crippen molar-refractivity contribution in [2.45, 2.75) is 26.1 Å². The standard InChI is InChI=1S/C12H20N2O2S/c1-3-4-14-5-6-16-11(7-14)12-13-10(8-15-2)9-17-12/h9,11H,3-8H2,1-2H3. The van der Waals surface area contributed by atoms with Gasteiger partial charge in [0.2, 0.25) is 0 Å². The van der Waals surface area contributed by atoms with E-state index in [0.717, 1.165) is 36.9 Å². The Morgan fingerprint density at radius 2 is 2.53 bits per heavy atom. The molecule has 1 fully saturated rings. The zero-order chi connectivity index (χ0) is 12.1. The van der Waals surface area contributed by atoms with Crippen LogP contribution in [0.15, 0.2) is 5.38 Å². The SMILES string of the molecule is CCCN1CCOC(c2nc(COC)cs2)C1. The largest absolute Gasteiger partial charge is 0.378 e. The molecule has 0 saturated carbocycles. The minimum absolute atomic E-state index is 0.144. The molecule has 1 aromatic rings. The Morgan fingerprint density at radius 3 is 3.29 bits per heavy atom. The Kier molecular flexibility index (Phi) is 4.91. The summed E-state index contributed by atoms with van der Waals surface area (Å²) in [7, 11) is 1.69. The Morgan fingerprint density at radius 1 is 1.65 bits per heavy atom. The smallest absolute Gasteiger partial charge is 0.123 e. The van der Waals surface area contributed by atoms with Crippen LogP contribution in [0.4, 0.5) is 0 Å². The quantitative estimate of drug-likeness (QED) is 0.808. The molecule has 0 amide bonds. The Bertz CT molecular complexity index is 341. The van der Waals surface area contributed by atoms with E-state index in [4.69, 9.17) is 9.47 Å². The zero-order valence-electron chi connectivity index (χ0n) is 10.5. The summed E-state index contributed by atoms with van der Waals surface area (Å²) in [6.45, 7) is 6.76. The summed E-state index contributed by atoms with van der Waals surface area (Å²) in [6.07, 6.45) is 1.34. The van der Waals surface area contributed by atoms with Crippen molar-refractivity contribution in [3.8, 4) is 0 Å². The van der Waals surface area contributed by atoms with Gasteiger partial charge in [0, 0.05) is 25.6 Å². The van der Waals surface area contributed by atoms with Gasteiger partial charge in [0.1, 0.15) is 11.1 Å². The van der Waals surface area contributed by atoms with Crippen molar-refractivity contribution in [2.75, 3.05) is 33.4 Å². The number of methoxy groups -OCH3 is 1. The minimum atomic E-state index is 0.144. The van der Waals surface area contributed by atoms with Crippen LogP contribution in [-0.2, 0) is 16.1 Å². The van der Waals surface area contributed by atoms with Crippen molar-refractivity contribution >= 4 is 11.3 Å². The Labute approximate surface area is 107 Å². The first-order chi connectivity index (χ1) is 8.33. The van der Waals surface area contributed by atoms with E-state index in [0.29, 0.717) is 6.61 Å². The molecule has 0 N–H and O–H groups in total. The van der Waals surface area contributed by atoms with Crippen molar-refractivity contribution in [3.63, 3.8) is 0 Å². The van der Waals surface area contributed by atoms with Gasteiger partial charge in [-0.3, -0.25) is 4.90 Å². The molecule has 1 atom stereocenters. The highest BCUT2D eigenvalue weighted by molar-refractivity contribution is 7.09. The third-order valence-electron chi connectivity index (χ3n) is 2.83. The van der Waals surface area contributed by atoms with Gasteiger partial charge < -0.3 is 9.47 Å². The van der Waals surface area contributed by atoms with E-state index in [2.05, 4.69) is 22.2 Å². The molecule has 0 aliphatic carbocycles. The second-order valence-corrected chi connectivity index (χ2v) is 5.16. The monoisotopic (exact) mass is 256 g/mol. The Balaban J connectivity index is 1.95. The molecule has 2 rings (SSSR count). The van der Waals surface area contributed by atoms with Gasteiger partial charge >= 0.3 is 0 Å². The van der Waals surface area contributed by atoms with E-state index in [1.807, 2.05) is 0 Å². The van der Waals surface area contributed by atoms with Gasteiger partial charge in [-0.25, -0.2) is 4.98 Å². The normalized spacial score (nSPS) is 21.9.